The first-order valence-electron chi connectivity index (χ1n) is 6.83. The molecule has 0 bridgehead atoms. The van der Waals surface area contributed by atoms with Gasteiger partial charge in [0.15, 0.2) is 0 Å². The zero-order valence-corrected chi connectivity index (χ0v) is 11.9. The number of nitrogens with one attached hydrogen (secondary N) is 1. The van der Waals surface area contributed by atoms with Gasteiger partial charge in [-0.1, -0.05) is 30.7 Å². The molecule has 1 saturated heterocycles. The highest BCUT2D eigenvalue weighted by Gasteiger charge is 2.22. The lowest BCUT2D eigenvalue weighted by Gasteiger charge is -2.20. The molecule has 1 aliphatic heterocycles. The quantitative estimate of drug-likeness (QED) is 0.872. The summed E-state index contributed by atoms with van der Waals surface area (Å²) in [6.45, 7) is 5.28. The topological polar surface area (TPSA) is 21.3 Å². The Bertz CT molecular complexity index is 365. The molecule has 3 unspecified atom stereocenters. The van der Waals surface area contributed by atoms with E-state index in [0.717, 1.165) is 18.0 Å². The molecule has 1 fully saturated rings. The lowest BCUT2D eigenvalue weighted by atomic mass is 10.0. The van der Waals surface area contributed by atoms with Crippen LogP contribution in [0, 0.1) is 0 Å². The van der Waals surface area contributed by atoms with Crippen molar-refractivity contribution in [2.24, 2.45) is 0 Å². The van der Waals surface area contributed by atoms with Gasteiger partial charge in [-0.2, -0.15) is 0 Å². The second-order valence-corrected chi connectivity index (χ2v) is 5.50. The van der Waals surface area contributed by atoms with Gasteiger partial charge in [0.25, 0.3) is 0 Å². The molecular formula is C15H22ClNO. The van der Waals surface area contributed by atoms with Gasteiger partial charge < -0.3 is 10.1 Å². The second kappa shape index (κ2) is 6.55. The van der Waals surface area contributed by atoms with E-state index in [9.17, 15) is 0 Å². The molecule has 100 valence electrons. The average molecular weight is 268 g/mol. The minimum atomic E-state index is 0.376. The molecule has 3 atom stereocenters. The summed E-state index contributed by atoms with van der Waals surface area (Å²) < 4.78 is 5.83. The van der Waals surface area contributed by atoms with Crippen LogP contribution in [0.15, 0.2) is 24.3 Å². The van der Waals surface area contributed by atoms with Crippen molar-refractivity contribution in [3.63, 3.8) is 0 Å². The summed E-state index contributed by atoms with van der Waals surface area (Å²) in [5.41, 5.74) is 1.30. The van der Waals surface area contributed by atoms with E-state index in [4.69, 9.17) is 16.3 Å². The van der Waals surface area contributed by atoms with Gasteiger partial charge in [-0.25, -0.2) is 0 Å². The maximum absolute atomic E-state index is 5.92. The first-order chi connectivity index (χ1) is 8.69. The standard InChI is InChI=1S/C15H22ClNO/c1-3-15(12-5-7-13(16)8-6-12)17-10-14-9-4-11(2)18-14/h5-8,11,14-15,17H,3-4,9-10H2,1-2H3. The molecule has 1 aromatic rings. The summed E-state index contributed by atoms with van der Waals surface area (Å²) in [6.07, 6.45) is 4.23. The molecule has 0 radical (unpaired) electrons. The predicted octanol–water partition coefficient (Wildman–Crippen LogP) is 3.95. The van der Waals surface area contributed by atoms with E-state index in [-0.39, 0.29) is 0 Å². The molecule has 0 saturated carbocycles. The molecule has 0 amide bonds. The van der Waals surface area contributed by atoms with Crippen molar-refractivity contribution < 1.29 is 4.74 Å². The zero-order valence-electron chi connectivity index (χ0n) is 11.2. The molecule has 2 nitrogen and oxygen atoms in total. The van der Waals surface area contributed by atoms with Crippen LogP contribution in [0.25, 0.3) is 0 Å². The van der Waals surface area contributed by atoms with Crippen LogP contribution >= 0.6 is 11.6 Å². The summed E-state index contributed by atoms with van der Waals surface area (Å²) in [4.78, 5) is 0. The Morgan fingerprint density at radius 3 is 2.61 bits per heavy atom. The highest BCUT2D eigenvalue weighted by atomic mass is 35.5. The number of hydrogen-bond acceptors (Lipinski definition) is 2. The number of halogens is 1. The summed E-state index contributed by atoms with van der Waals surface area (Å²) in [6, 6.07) is 8.50. The van der Waals surface area contributed by atoms with Gasteiger partial charge in [0.05, 0.1) is 12.2 Å². The molecule has 0 aliphatic carbocycles. The van der Waals surface area contributed by atoms with Crippen LogP contribution in [0.5, 0.6) is 0 Å². The van der Waals surface area contributed by atoms with E-state index in [1.165, 1.54) is 18.4 Å². The van der Waals surface area contributed by atoms with E-state index in [1.807, 2.05) is 12.1 Å². The van der Waals surface area contributed by atoms with Crippen LogP contribution in [0.4, 0.5) is 0 Å². The van der Waals surface area contributed by atoms with Crippen molar-refractivity contribution >= 4 is 11.6 Å². The third-order valence-corrected chi connectivity index (χ3v) is 3.84. The number of benzene rings is 1. The third kappa shape index (κ3) is 3.71. The van der Waals surface area contributed by atoms with Crippen molar-refractivity contribution in [1.29, 1.82) is 0 Å². The van der Waals surface area contributed by atoms with Crippen LogP contribution in [-0.2, 0) is 4.74 Å². The van der Waals surface area contributed by atoms with Crippen LogP contribution in [0.3, 0.4) is 0 Å². The molecular weight excluding hydrogens is 246 g/mol. The number of rotatable bonds is 5. The summed E-state index contributed by atoms with van der Waals surface area (Å²) in [5, 5.41) is 4.39. The van der Waals surface area contributed by atoms with Crippen molar-refractivity contribution in [3.8, 4) is 0 Å². The van der Waals surface area contributed by atoms with Crippen LogP contribution in [0.2, 0.25) is 5.02 Å². The summed E-state index contributed by atoms with van der Waals surface area (Å²) in [7, 11) is 0. The first-order valence-corrected chi connectivity index (χ1v) is 7.21. The normalized spacial score (nSPS) is 25.3. The Labute approximate surface area is 115 Å². The third-order valence-electron chi connectivity index (χ3n) is 3.59. The SMILES string of the molecule is CCC(NCC1CCC(C)O1)c1ccc(Cl)cc1. The van der Waals surface area contributed by atoms with E-state index in [1.54, 1.807) is 0 Å². The van der Waals surface area contributed by atoms with Crippen LogP contribution in [0.1, 0.15) is 44.7 Å². The molecule has 0 spiro atoms. The number of hydrogen-bond donors (Lipinski definition) is 1. The first kappa shape index (κ1) is 13.9. The molecule has 1 heterocycles. The molecule has 0 aromatic heterocycles. The molecule has 3 heteroatoms. The average Bonchev–Trinajstić information content (AvgIpc) is 2.78. The van der Waals surface area contributed by atoms with E-state index >= 15 is 0 Å². The highest BCUT2D eigenvalue weighted by Crippen LogP contribution is 2.22. The molecule has 2 rings (SSSR count). The van der Waals surface area contributed by atoms with Gasteiger partial charge in [-0.05, 0) is 43.9 Å². The Balaban J connectivity index is 1.87. The predicted molar refractivity (Wildman–Crippen MR) is 76.1 cm³/mol. The largest absolute Gasteiger partial charge is 0.374 e. The molecule has 1 aromatic carbocycles. The fourth-order valence-corrected chi connectivity index (χ4v) is 2.63. The monoisotopic (exact) mass is 267 g/mol. The van der Waals surface area contributed by atoms with E-state index in [0.29, 0.717) is 18.2 Å². The maximum Gasteiger partial charge on any atom is 0.0704 e. The van der Waals surface area contributed by atoms with E-state index in [2.05, 4.69) is 31.3 Å². The summed E-state index contributed by atoms with van der Waals surface area (Å²) >= 11 is 5.92. The van der Waals surface area contributed by atoms with Gasteiger partial charge in [-0.3, -0.25) is 0 Å². The van der Waals surface area contributed by atoms with Gasteiger partial charge >= 0.3 is 0 Å². The lowest BCUT2D eigenvalue weighted by Crippen LogP contribution is -2.30. The Morgan fingerprint density at radius 1 is 1.33 bits per heavy atom. The van der Waals surface area contributed by atoms with Crippen LogP contribution < -0.4 is 5.32 Å². The molecule has 1 aliphatic rings. The van der Waals surface area contributed by atoms with Crippen molar-refractivity contribution in [3.05, 3.63) is 34.9 Å². The fraction of sp³-hybridized carbons (Fsp3) is 0.600. The Kier molecular flexibility index (Phi) is 5.04. The van der Waals surface area contributed by atoms with Crippen LogP contribution in [-0.4, -0.2) is 18.8 Å². The minimum Gasteiger partial charge on any atom is -0.374 e. The van der Waals surface area contributed by atoms with Crippen molar-refractivity contribution in [2.75, 3.05) is 6.54 Å². The number of ether oxygens (including phenoxy) is 1. The smallest absolute Gasteiger partial charge is 0.0704 e. The zero-order chi connectivity index (χ0) is 13.0. The summed E-state index contributed by atoms with van der Waals surface area (Å²) in [5.74, 6) is 0. The van der Waals surface area contributed by atoms with Gasteiger partial charge in [-0.15, -0.1) is 0 Å². The lowest BCUT2D eigenvalue weighted by molar-refractivity contribution is 0.0542. The molecule has 18 heavy (non-hydrogen) atoms. The highest BCUT2D eigenvalue weighted by molar-refractivity contribution is 6.30. The van der Waals surface area contributed by atoms with Gasteiger partial charge in [0, 0.05) is 17.6 Å². The van der Waals surface area contributed by atoms with Crippen molar-refractivity contribution in [2.45, 2.75) is 51.4 Å². The van der Waals surface area contributed by atoms with Gasteiger partial charge in [0.2, 0.25) is 0 Å². The van der Waals surface area contributed by atoms with Crippen molar-refractivity contribution in [1.82, 2.24) is 5.32 Å². The van der Waals surface area contributed by atoms with Gasteiger partial charge in [0.1, 0.15) is 0 Å². The fourth-order valence-electron chi connectivity index (χ4n) is 2.50. The minimum absolute atomic E-state index is 0.376. The van der Waals surface area contributed by atoms with E-state index < -0.39 is 0 Å². The molecule has 1 N–H and O–H groups in total. The Morgan fingerprint density at radius 2 is 2.06 bits per heavy atom. The second-order valence-electron chi connectivity index (χ2n) is 5.07. The Hall–Kier alpha value is -0.570. The maximum atomic E-state index is 5.92.